The number of nitrogens with one attached hydrogen (secondary N) is 2. The number of aryl methyl sites for hydroxylation is 1. The van der Waals surface area contributed by atoms with Gasteiger partial charge in [0.2, 0.25) is 0 Å². The molecule has 0 fully saturated rings. The number of amides is 1. The Labute approximate surface area is 182 Å². The monoisotopic (exact) mass is 448 g/mol. The van der Waals surface area contributed by atoms with Gasteiger partial charge < -0.3 is 10.6 Å². The lowest BCUT2D eigenvalue weighted by molar-refractivity contribution is -0.173. The molecule has 0 spiro atoms. The first kappa shape index (κ1) is 21.2. The Balaban J connectivity index is 1.65. The average Bonchev–Trinajstić information content (AvgIpc) is 3.14. The summed E-state index contributed by atoms with van der Waals surface area (Å²) in [6.07, 6.45) is -4.77. The third-order valence-corrected chi connectivity index (χ3v) is 5.80. The van der Waals surface area contributed by atoms with E-state index in [9.17, 15) is 18.0 Å². The maximum Gasteiger partial charge on any atom is 0.410 e. The predicted octanol–water partition coefficient (Wildman–Crippen LogP) is 6.07. The summed E-state index contributed by atoms with van der Waals surface area (Å²) in [5.74, 6) is -0.430. The Morgan fingerprint density at radius 2 is 1.90 bits per heavy atom. The quantitative estimate of drug-likeness (QED) is 0.511. The van der Waals surface area contributed by atoms with Gasteiger partial charge in [-0.05, 0) is 48.7 Å². The van der Waals surface area contributed by atoms with Gasteiger partial charge in [-0.3, -0.25) is 4.79 Å². The highest BCUT2D eigenvalue weighted by atomic mass is 35.5. The van der Waals surface area contributed by atoms with Crippen molar-refractivity contribution >= 4 is 29.0 Å². The lowest BCUT2D eigenvalue weighted by Crippen LogP contribution is -2.35. The summed E-state index contributed by atoms with van der Waals surface area (Å²) in [5, 5.41) is 10.3. The lowest BCUT2D eigenvalue weighted by atomic mass is 9.97. The number of hydrogen-bond acceptors (Lipinski definition) is 3. The second kappa shape index (κ2) is 7.92. The van der Waals surface area contributed by atoms with Gasteiger partial charge in [-0.15, -0.1) is 0 Å². The topological polar surface area (TPSA) is 59.0 Å². The van der Waals surface area contributed by atoms with Crippen molar-refractivity contribution in [1.82, 2.24) is 9.78 Å². The Hall–Kier alpha value is -3.00. The lowest BCUT2D eigenvalue weighted by Gasteiger charge is -2.33. The minimum Gasteiger partial charge on any atom is -0.363 e. The number of fused-ring (bicyclic) bond motifs is 1. The highest BCUT2D eigenvalue weighted by Gasteiger charge is 2.46. The second-order valence-corrected chi connectivity index (χ2v) is 8.04. The SMILES string of the molecule is Cc1cccc(NC(=O)c2cc3n(n2)[C@@H](C(F)(F)F)C[C@@H](c2ccc(Cl)cc2)N3)c1C. The van der Waals surface area contributed by atoms with Gasteiger partial charge in [-0.2, -0.15) is 18.3 Å². The van der Waals surface area contributed by atoms with E-state index in [-0.39, 0.29) is 17.9 Å². The van der Waals surface area contributed by atoms with E-state index >= 15 is 0 Å². The summed E-state index contributed by atoms with van der Waals surface area (Å²) in [6, 6.07) is 11.0. The van der Waals surface area contributed by atoms with E-state index in [0.29, 0.717) is 16.3 Å². The number of carbonyl (C=O) groups excluding carboxylic acids is 1. The third kappa shape index (κ3) is 4.25. The van der Waals surface area contributed by atoms with E-state index in [1.54, 1.807) is 36.4 Å². The molecule has 0 unspecified atom stereocenters. The van der Waals surface area contributed by atoms with Gasteiger partial charge in [0, 0.05) is 23.2 Å². The van der Waals surface area contributed by atoms with Crippen LogP contribution in [0, 0.1) is 13.8 Å². The van der Waals surface area contributed by atoms with Crippen LogP contribution >= 0.6 is 11.6 Å². The van der Waals surface area contributed by atoms with Crippen molar-refractivity contribution in [3.8, 4) is 0 Å². The number of carbonyl (C=O) groups is 1. The highest BCUT2D eigenvalue weighted by molar-refractivity contribution is 6.30. The number of benzene rings is 2. The molecule has 1 aliphatic heterocycles. The molecule has 4 rings (SSSR count). The van der Waals surface area contributed by atoms with Gasteiger partial charge >= 0.3 is 6.18 Å². The summed E-state index contributed by atoms with van der Waals surface area (Å²) in [7, 11) is 0. The van der Waals surface area contributed by atoms with Crippen molar-refractivity contribution in [2.45, 2.75) is 38.5 Å². The van der Waals surface area contributed by atoms with Gasteiger partial charge in [0.05, 0.1) is 6.04 Å². The molecule has 2 atom stereocenters. The van der Waals surface area contributed by atoms with Gasteiger partial charge in [0.25, 0.3) is 5.91 Å². The molecule has 2 N–H and O–H groups in total. The Bertz CT molecular complexity index is 1120. The zero-order chi connectivity index (χ0) is 22.3. The molecule has 2 heterocycles. The summed E-state index contributed by atoms with van der Waals surface area (Å²) in [4.78, 5) is 12.7. The van der Waals surface area contributed by atoms with E-state index < -0.39 is 24.2 Å². The number of nitrogens with zero attached hydrogens (tertiary/aromatic N) is 2. The number of hydrogen-bond donors (Lipinski definition) is 2. The zero-order valence-electron chi connectivity index (χ0n) is 16.8. The van der Waals surface area contributed by atoms with Crippen molar-refractivity contribution in [1.29, 1.82) is 0 Å². The fourth-order valence-electron chi connectivity index (χ4n) is 3.67. The maximum atomic E-state index is 13.8. The summed E-state index contributed by atoms with van der Waals surface area (Å²) in [5.41, 5.74) is 3.05. The molecule has 162 valence electrons. The zero-order valence-corrected chi connectivity index (χ0v) is 17.6. The molecule has 0 saturated heterocycles. The van der Waals surface area contributed by atoms with Crippen LogP contribution in [0.3, 0.4) is 0 Å². The van der Waals surface area contributed by atoms with Crippen molar-refractivity contribution in [3.63, 3.8) is 0 Å². The fourth-order valence-corrected chi connectivity index (χ4v) is 3.80. The van der Waals surface area contributed by atoms with Crippen LogP contribution in [0.2, 0.25) is 5.02 Å². The second-order valence-electron chi connectivity index (χ2n) is 7.60. The standard InChI is InChI=1S/C22H20ClF3N4O/c1-12-4-3-5-16(13(12)2)28-21(31)18-11-20-27-17(14-6-8-15(23)9-7-14)10-19(22(24,25)26)30(20)29-18/h3-9,11,17,19,27H,10H2,1-2H3,(H,28,31)/t17-,19+/m0/s1. The average molecular weight is 449 g/mol. The fraction of sp³-hybridized carbons (Fsp3) is 0.273. The smallest absolute Gasteiger partial charge is 0.363 e. The molecule has 0 aliphatic carbocycles. The Morgan fingerprint density at radius 3 is 2.58 bits per heavy atom. The Morgan fingerprint density at radius 1 is 1.19 bits per heavy atom. The molecular weight excluding hydrogens is 429 g/mol. The molecule has 1 amide bonds. The van der Waals surface area contributed by atoms with Crippen LogP contribution in [0.1, 0.15) is 45.7 Å². The number of anilines is 2. The molecule has 0 radical (unpaired) electrons. The van der Waals surface area contributed by atoms with E-state index in [0.717, 1.165) is 15.8 Å². The number of halogens is 4. The van der Waals surface area contributed by atoms with Gasteiger partial charge in [-0.25, -0.2) is 4.68 Å². The maximum absolute atomic E-state index is 13.8. The number of alkyl halides is 3. The van der Waals surface area contributed by atoms with Crippen molar-refractivity contribution in [2.75, 3.05) is 10.6 Å². The summed E-state index contributed by atoms with van der Waals surface area (Å²) in [6.45, 7) is 3.77. The van der Waals surface area contributed by atoms with Gasteiger partial charge in [-0.1, -0.05) is 35.9 Å². The van der Waals surface area contributed by atoms with Crippen LogP contribution in [0.25, 0.3) is 0 Å². The third-order valence-electron chi connectivity index (χ3n) is 5.55. The highest BCUT2D eigenvalue weighted by Crippen LogP contribution is 2.43. The largest absolute Gasteiger partial charge is 0.410 e. The molecule has 9 heteroatoms. The first-order valence-corrected chi connectivity index (χ1v) is 10.1. The summed E-state index contributed by atoms with van der Waals surface area (Å²) >= 11 is 5.90. The van der Waals surface area contributed by atoms with Crippen LogP contribution in [0.15, 0.2) is 48.5 Å². The van der Waals surface area contributed by atoms with Crippen molar-refractivity contribution in [3.05, 3.63) is 75.9 Å². The van der Waals surface area contributed by atoms with Crippen molar-refractivity contribution < 1.29 is 18.0 Å². The van der Waals surface area contributed by atoms with Crippen LogP contribution in [-0.4, -0.2) is 21.9 Å². The molecule has 0 saturated carbocycles. The first-order valence-electron chi connectivity index (χ1n) is 9.69. The molecular formula is C22H20ClF3N4O. The van der Waals surface area contributed by atoms with E-state index in [1.165, 1.54) is 6.07 Å². The van der Waals surface area contributed by atoms with E-state index in [4.69, 9.17) is 11.6 Å². The Kier molecular flexibility index (Phi) is 5.43. The first-order chi connectivity index (χ1) is 14.6. The minimum absolute atomic E-state index is 0.0885. The molecule has 31 heavy (non-hydrogen) atoms. The van der Waals surface area contributed by atoms with Crippen LogP contribution in [-0.2, 0) is 0 Å². The number of rotatable bonds is 3. The molecule has 0 bridgehead atoms. The normalized spacial score (nSPS) is 18.3. The van der Waals surface area contributed by atoms with Crippen LogP contribution in [0.5, 0.6) is 0 Å². The molecule has 2 aromatic carbocycles. The molecule has 5 nitrogen and oxygen atoms in total. The number of aromatic nitrogens is 2. The molecule has 1 aromatic heterocycles. The van der Waals surface area contributed by atoms with Crippen LogP contribution < -0.4 is 10.6 Å². The minimum atomic E-state index is -4.52. The van der Waals surface area contributed by atoms with E-state index in [1.807, 2.05) is 19.9 Å². The summed E-state index contributed by atoms with van der Waals surface area (Å²) < 4.78 is 42.3. The van der Waals surface area contributed by atoms with Crippen molar-refractivity contribution in [2.24, 2.45) is 0 Å². The van der Waals surface area contributed by atoms with Gasteiger partial charge in [0.1, 0.15) is 5.82 Å². The molecule has 3 aromatic rings. The van der Waals surface area contributed by atoms with Crippen LogP contribution in [0.4, 0.5) is 24.7 Å². The van der Waals surface area contributed by atoms with E-state index in [2.05, 4.69) is 15.7 Å². The van der Waals surface area contributed by atoms with Gasteiger partial charge in [0.15, 0.2) is 11.7 Å². The predicted molar refractivity (Wildman–Crippen MR) is 114 cm³/mol. The molecule has 1 aliphatic rings.